The summed E-state index contributed by atoms with van der Waals surface area (Å²) in [6.45, 7) is 3.92. The van der Waals surface area contributed by atoms with E-state index in [0.29, 0.717) is 17.9 Å². The van der Waals surface area contributed by atoms with Gasteiger partial charge in [-0.25, -0.2) is 0 Å². The zero-order valence-electron chi connectivity index (χ0n) is 14.6. The molecule has 2 unspecified atom stereocenters. The molecule has 1 saturated carbocycles. The molecule has 2 N–H and O–H groups in total. The first-order valence-corrected chi connectivity index (χ1v) is 8.32. The molecule has 0 aromatic heterocycles. The molecule has 0 saturated heterocycles. The van der Waals surface area contributed by atoms with E-state index in [1.165, 1.54) is 0 Å². The van der Waals surface area contributed by atoms with Crippen molar-refractivity contribution < 1.29 is 14.3 Å². The molecule has 0 spiro atoms. The standard InChI is InChI=1S/C20H22N2O3/c1-12-7-6-8-13(2)18(12)22-20(24)15-11-14(15)19(23)21-16-9-4-5-10-17(16)25-3/h4-10,14-15H,11H2,1-3H3,(H,21,23)(H,22,24). The van der Waals surface area contributed by atoms with Crippen LogP contribution in [-0.4, -0.2) is 18.9 Å². The van der Waals surface area contributed by atoms with Gasteiger partial charge in [0, 0.05) is 5.69 Å². The Balaban J connectivity index is 1.62. The smallest absolute Gasteiger partial charge is 0.228 e. The summed E-state index contributed by atoms with van der Waals surface area (Å²) in [5.41, 5.74) is 3.49. The van der Waals surface area contributed by atoms with Crippen molar-refractivity contribution in [2.75, 3.05) is 17.7 Å². The molecule has 2 aromatic rings. The quantitative estimate of drug-likeness (QED) is 0.876. The minimum Gasteiger partial charge on any atom is -0.495 e. The van der Waals surface area contributed by atoms with Crippen molar-refractivity contribution in [3.05, 3.63) is 53.6 Å². The molecule has 3 rings (SSSR count). The second kappa shape index (κ2) is 6.97. The molecule has 0 aliphatic heterocycles. The van der Waals surface area contributed by atoms with Crippen LogP contribution < -0.4 is 15.4 Å². The molecule has 0 bridgehead atoms. The summed E-state index contributed by atoms with van der Waals surface area (Å²) >= 11 is 0. The highest BCUT2D eigenvalue weighted by molar-refractivity contribution is 6.04. The van der Waals surface area contributed by atoms with Crippen molar-refractivity contribution in [2.45, 2.75) is 20.3 Å². The minimum atomic E-state index is -0.297. The number of benzene rings is 2. The molecule has 2 amide bonds. The van der Waals surface area contributed by atoms with E-state index >= 15 is 0 Å². The lowest BCUT2D eigenvalue weighted by Crippen LogP contribution is -2.21. The van der Waals surface area contributed by atoms with Crippen molar-refractivity contribution in [2.24, 2.45) is 11.8 Å². The van der Waals surface area contributed by atoms with Gasteiger partial charge in [-0.3, -0.25) is 9.59 Å². The molecule has 5 heteroatoms. The van der Waals surface area contributed by atoms with Gasteiger partial charge in [0.1, 0.15) is 5.75 Å². The number of amides is 2. The van der Waals surface area contributed by atoms with Gasteiger partial charge in [0.05, 0.1) is 24.6 Å². The van der Waals surface area contributed by atoms with Gasteiger partial charge >= 0.3 is 0 Å². The highest BCUT2D eigenvalue weighted by Gasteiger charge is 2.48. The van der Waals surface area contributed by atoms with Crippen LogP contribution in [0.1, 0.15) is 17.5 Å². The number of carbonyl (C=O) groups is 2. The Morgan fingerprint density at radius 2 is 1.52 bits per heavy atom. The average Bonchev–Trinajstić information content (AvgIpc) is 3.39. The van der Waals surface area contributed by atoms with Crippen LogP contribution >= 0.6 is 0 Å². The number of hydrogen-bond donors (Lipinski definition) is 2. The van der Waals surface area contributed by atoms with E-state index in [9.17, 15) is 9.59 Å². The Kier molecular flexibility index (Phi) is 4.74. The Morgan fingerprint density at radius 3 is 2.16 bits per heavy atom. The normalized spacial score (nSPS) is 18.4. The average molecular weight is 338 g/mol. The molecule has 2 atom stereocenters. The summed E-state index contributed by atoms with van der Waals surface area (Å²) < 4.78 is 5.23. The van der Waals surface area contributed by atoms with Crippen LogP contribution in [0.15, 0.2) is 42.5 Å². The van der Waals surface area contributed by atoms with E-state index in [-0.39, 0.29) is 23.7 Å². The maximum absolute atomic E-state index is 12.5. The van der Waals surface area contributed by atoms with E-state index in [4.69, 9.17) is 4.74 Å². The molecule has 1 aliphatic rings. The number of nitrogens with one attached hydrogen (secondary N) is 2. The first-order valence-electron chi connectivity index (χ1n) is 8.32. The van der Waals surface area contributed by atoms with Crippen molar-refractivity contribution in [1.82, 2.24) is 0 Å². The fraction of sp³-hybridized carbons (Fsp3) is 0.300. The third kappa shape index (κ3) is 3.65. The van der Waals surface area contributed by atoms with Gasteiger partial charge in [0.2, 0.25) is 11.8 Å². The molecule has 25 heavy (non-hydrogen) atoms. The minimum absolute atomic E-state index is 0.0995. The van der Waals surface area contributed by atoms with Gasteiger partial charge in [0.15, 0.2) is 0 Å². The van der Waals surface area contributed by atoms with Gasteiger partial charge in [0.25, 0.3) is 0 Å². The van der Waals surface area contributed by atoms with Gasteiger partial charge in [-0.1, -0.05) is 30.3 Å². The van der Waals surface area contributed by atoms with E-state index in [1.807, 2.05) is 44.2 Å². The first-order chi connectivity index (χ1) is 12.0. The van der Waals surface area contributed by atoms with Crippen LogP contribution in [-0.2, 0) is 9.59 Å². The summed E-state index contributed by atoms with van der Waals surface area (Å²) in [5.74, 6) is -0.222. The third-order valence-corrected chi connectivity index (χ3v) is 4.56. The lowest BCUT2D eigenvalue weighted by Gasteiger charge is -2.12. The highest BCUT2D eigenvalue weighted by Crippen LogP contribution is 2.41. The number of methoxy groups -OCH3 is 1. The Bertz CT molecular complexity index is 796. The Labute approximate surface area is 147 Å². The molecule has 0 heterocycles. The highest BCUT2D eigenvalue weighted by atomic mass is 16.5. The molecule has 1 fully saturated rings. The van der Waals surface area contributed by atoms with E-state index in [2.05, 4.69) is 10.6 Å². The van der Waals surface area contributed by atoms with Crippen LogP contribution in [0.25, 0.3) is 0 Å². The number of anilines is 2. The zero-order valence-corrected chi connectivity index (χ0v) is 14.6. The number of rotatable bonds is 5. The van der Waals surface area contributed by atoms with Crippen LogP contribution in [0.2, 0.25) is 0 Å². The van der Waals surface area contributed by atoms with Gasteiger partial charge in [-0.2, -0.15) is 0 Å². The summed E-state index contributed by atoms with van der Waals surface area (Å²) in [5, 5.41) is 5.82. The fourth-order valence-corrected chi connectivity index (χ4v) is 2.98. The third-order valence-electron chi connectivity index (χ3n) is 4.56. The van der Waals surface area contributed by atoms with Gasteiger partial charge in [-0.15, -0.1) is 0 Å². The molecular weight excluding hydrogens is 316 g/mol. The molecule has 130 valence electrons. The SMILES string of the molecule is COc1ccccc1NC(=O)C1CC1C(=O)Nc1c(C)cccc1C. The molecule has 1 aliphatic carbocycles. The van der Waals surface area contributed by atoms with Crippen LogP contribution in [0.5, 0.6) is 5.75 Å². The first kappa shape index (κ1) is 17.0. The lowest BCUT2D eigenvalue weighted by molar-refractivity contribution is -0.122. The van der Waals surface area contributed by atoms with E-state index < -0.39 is 0 Å². The van der Waals surface area contributed by atoms with Gasteiger partial charge in [-0.05, 0) is 43.5 Å². The second-order valence-corrected chi connectivity index (χ2v) is 6.39. The maximum Gasteiger partial charge on any atom is 0.228 e. The molecule has 0 radical (unpaired) electrons. The summed E-state index contributed by atoms with van der Waals surface area (Å²) in [7, 11) is 1.56. The van der Waals surface area contributed by atoms with Crippen molar-refractivity contribution >= 4 is 23.2 Å². The van der Waals surface area contributed by atoms with E-state index in [0.717, 1.165) is 16.8 Å². The fourth-order valence-electron chi connectivity index (χ4n) is 2.98. The predicted octanol–water partition coefficient (Wildman–Crippen LogP) is 3.53. The van der Waals surface area contributed by atoms with E-state index in [1.54, 1.807) is 19.2 Å². The van der Waals surface area contributed by atoms with Crippen molar-refractivity contribution in [3.8, 4) is 5.75 Å². The summed E-state index contributed by atoms with van der Waals surface area (Å²) in [6, 6.07) is 13.1. The maximum atomic E-state index is 12.5. The molecular formula is C20H22N2O3. The Hall–Kier alpha value is -2.82. The van der Waals surface area contributed by atoms with Crippen LogP contribution in [0.3, 0.4) is 0 Å². The number of hydrogen-bond acceptors (Lipinski definition) is 3. The van der Waals surface area contributed by atoms with Crippen molar-refractivity contribution in [3.63, 3.8) is 0 Å². The summed E-state index contributed by atoms with van der Waals surface area (Å²) in [4.78, 5) is 24.9. The second-order valence-electron chi connectivity index (χ2n) is 6.39. The molecule has 5 nitrogen and oxygen atoms in total. The zero-order chi connectivity index (χ0) is 18.0. The number of aryl methyl sites for hydroxylation is 2. The van der Waals surface area contributed by atoms with Crippen molar-refractivity contribution in [1.29, 1.82) is 0 Å². The topological polar surface area (TPSA) is 67.4 Å². The monoisotopic (exact) mass is 338 g/mol. The largest absolute Gasteiger partial charge is 0.495 e. The van der Waals surface area contributed by atoms with Crippen LogP contribution in [0.4, 0.5) is 11.4 Å². The molecule has 2 aromatic carbocycles. The van der Waals surface area contributed by atoms with Crippen LogP contribution in [0, 0.1) is 25.7 Å². The van der Waals surface area contributed by atoms with Gasteiger partial charge < -0.3 is 15.4 Å². The number of para-hydroxylation sites is 3. The number of ether oxygens (including phenoxy) is 1. The number of carbonyl (C=O) groups excluding carboxylic acids is 2. The predicted molar refractivity (Wildman–Crippen MR) is 97.8 cm³/mol. The Morgan fingerprint density at radius 1 is 0.920 bits per heavy atom. The lowest BCUT2D eigenvalue weighted by atomic mass is 10.1. The summed E-state index contributed by atoms with van der Waals surface area (Å²) in [6.07, 6.45) is 0.567.